The number of ether oxygens (including phenoxy) is 2. The van der Waals surface area contributed by atoms with E-state index < -0.39 is 0 Å². The molecular weight excluding hydrogens is 372 g/mol. The summed E-state index contributed by atoms with van der Waals surface area (Å²) >= 11 is 7.59. The number of nitrogens with zero attached hydrogens (tertiary/aromatic N) is 1. The summed E-state index contributed by atoms with van der Waals surface area (Å²) in [5.41, 5.74) is 5.10. The first-order chi connectivity index (χ1) is 12.5. The number of halogens is 1. The monoisotopic (exact) mass is 392 g/mol. The third-order valence-electron chi connectivity index (χ3n) is 3.60. The van der Waals surface area contributed by atoms with Crippen LogP contribution in [0.3, 0.4) is 0 Å². The van der Waals surface area contributed by atoms with E-state index in [4.69, 9.17) is 21.1 Å². The Morgan fingerprint density at radius 3 is 2.58 bits per heavy atom. The highest BCUT2D eigenvalue weighted by molar-refractivity contribution is 7.99. The van der Waals surface area contributed by atoms with Crippen LogP contribution < -0.4 is 14.9 Å². The third-order valence-corrected chi connectivity index (χ3v) is 4.95. The maximum absolute atomic E-state index is 12.0. The van der Waals surface area contributed by atoms with Gasteiger partial charge in [-0.15, -0.1) is 11.8 Å². The van der Waals surface area contributed by atoms with E-state index in [1.165, 1.54) is 11.8 Å². The van der Waals surface area contributed by atoms with Crippen LogP contribution in [0.15, 0.2) is 47.6 Å². The highest BCUT2D eigenvalue weighted by Crippen LogP contribution is 2.27. The second-order valence-electron chi connectivity index (χ2n) is 5.39. The molecule has 0 heterocycles. The Balaban J connectivity index is 1.88. The minimum Gasteiger partial charge on any atom is -0.493 e. The highest BCUT2D eigenvalue weighted by Gasteiger charge is 2.08. The van der Waals surface area contributed by atoms with Crippen LogP contribution in [0.25, 0.3) is 0 Å². The lowest BCUT2D eigenvalue weighted by Gasteiger charge is -2.09. The van der Waals surface area contributed by atoms with Gasteiger partial charge in [0.1, 0.15) is 0 Å². The summed E-state index contributed by atoms with van der Waals surface area (Å²) < 4.78 is 10.5. The number of methoxy groups -OCH3 is 2. The van der Waals surface area contributed by atoms with Gasteiger partial charge in [-0.25, -0.2) is 5.43 Å². The normalized spacial score (nSPS) is 11.2. The maximum Gasteiger partial charge on any atom is 0.250 e. The van der Waals surface area contributed by atoms with Crippen molar-refractivity contribution in [1.82, 2.24) is 5.43 Å². The minimum atomic E-state index is -0.165. The number of thioether (sulfide) groups is 1. The van der Waals surface area contributed by atoms with E-state index in [1.807, 2.05) is 43.3 Å². The zero-order valence-corrected chi connectivity index (χ0v) is 16.5. The van der Waals surface area contributed by atoms with Crippen LogP contribution in [0.4, 0.5) is 0 Å². The standard InChI is InChI=1S/C19H21ClN2O3S/c1-13(14-8-9-17(24-2)18(10-14)25-3)21-22-19(23)12-26-11-15-6-4-5-7-16(15)20/h4-10H,11-12H2,1-3H3,(H,22,23). The molecule has 26 heavy (non-hydrogen) atoms. The van der Waals surface area contributed by atoms with Gasteiger partial charge in [-0.05, 0) is 36.8 Å². The number of rotatable bonds is 8. The van der Waals surface area contributed by atoms with Gasteiger partial charge in [-0.1, -0.05) is 29.8 Å². The lowest BCUT2D eigenvalue weighted by molar-refractivity contribution is -0.118. The second kappa shape index (κ2) is 10.1. The zero-order valence-electron chi connectivity index (χ0n) is 14.9. The van der Waals surface area contributed by atoms with Gasteiger partial charge in [-0.3, -0.25) is 4.79 Å². The van der Waals surface area contributed by atoms with E-state index in [0.717, 1.165) is 11.1 Å². The van der Waals surface area contributed by atoms with Gasteiger partial charge in [-0.2, -0.15) is 5.10 Å². The molecule has 0 aromatic heterocycles. The van der Waals surface area contributed by atoms with Crippen molar-refractivity contribution in [1.29, 1.82) is 0 Å². The molecule has 0 aliphatic carbocycles. The molecule has 0 saturated carbocycles. The number of hydrazone groups is 1. The fourth-order valence-corrected chi connectivity index (χ4v) is 3.28. The molecule has 2 aromatic carbocycles. The number of hydrogen-bond donors (Lipinski definition) is 1. The van der Waals surface area contributed by atoms with E-state index >= 15 is 0 Å². The predicted octanol–water partition coefficient (Wildman–Crippen LogP) is 4.13. The fourth-order valence-electron chi connectivity index (χ4n) is 2.17. The molecule has 0 unspecified atom stereocenters. The van der Waals surface area contributed by atoms with Crippen LogP contribution in [0.1, 0.15) is 18.1 Å². The third kappa shape index (κ3) is 5.68. The summed E-state index contributed by atoms with van der Waals surface area (Å²) in [4.78, 5) is 12.0. The Morgan fingerprint density at radius 2 is 1.88 bits per heavy atom. The van der Waals surface area contributed by atoms with E-state index in [9.17, 15) is 4.79 Å². The van der Waals surface area contributed by atoms with Crippen LogP contribution in [-0.2, 0) is 10.5 Å². The number of hydrogen-bond acceptors (Lipinski definition) is 5. The highest BCUT2D eigenvalue weighted by atomic mass is 35.5. The Morgan fingerprint density at radius 1 is 1.15 bits per heavy atom. The molecule has 138 valence electrons. The fraction of sp³-hybridized carbons (Fsp3) is 0.263. The number of benzene rings is 2. The average molecular weight is 393 g/mol. The first-order valence-corrected chi connectivity index (χ1v) is 9.45. The molecule has 2 aromatic rings. The zero-order chi connectivity index (χ0) is 18.9. The van der Waals surface area contributed by atoms with Crippen molar-refractivity contribution in [3.8, 4) is 11.5 Å². The van der Waals surface area contributed by atoms with Crippen molar-refractivity contribution in [2.45, 2.75) is 12.7 Å². The quantitative estimate of drug-likeness (QED) is 0.542. The molecule has 0 spiro atoms. The van der Waals surface area contributed by atoms with E-state index in [1.54, 1.807) is 20.3 Å². The molecule has 0 aliphatic heterocycles. The predicted molar refractivity (Wildman–Crippen MR) is 108 cm³/mol. The van der Waals surface area contributed by atoms with E-state index in [-0.39, 0.29) is 5.91 Å². The Hall–Kier alpha value is -2.18. The van der Waals surface area contributed by atoms with Gasteiger partial charge in [0, 0.05) is 16.3 Å². The Kier molecular flexibility index (Phi) is 7.81. The summed E-state index contributed by atoms with van der Waals surface area (Å²) in [5, 5.41) is 4.86. The SMILES string of the molecule is COc1ccc(C(C)=NNC(=O)CSCc2ccccc2Cl)cc1OC. The number of amides is 1. The first kappa shape index (κ1) is 20.1. The van der Waals surface area contributed by atoms with E-state index in [0.29, 0.717) is 33.7 Å². The Bertz CT molecular complexity index is 796. The smallest absolute Gasteiger partial charge is 0.250 e. The van der Waals surface area contributed by atoms with Crippen molar-refractivity contribution in [3.05, 3.63) is 58.6 Å². The lowest BCUT2D eigenvalue weighted by Crippen LogP contribution is -2.21. The molecule has 0 radical (unpaired) electrons. The number of carbonyl (C=O) groups is 1. The van der Waals surface area contributed by atoms with Crippen molar-refractivity contribution in [2.24, 2.45) is 5.10 Å². The van der Waals surface area contributed by atoms with Crippen LogP contribution >= 0.6 is 23.4 Å². The van der Waals surface area contributed by atoms with Gasteiger partial charge in [0.25, 0.3) is 0 Å². The van der Waals surface area contributed by atoms with E-state index in [2.05, 4.69) is 10.5 Å². The van der Waals surface area contributed by atoms with Crippen molar-refractivity contribution < 1.29 is 14.3 Å². The topological polar surface area (TPSA) is 59.9 Å². The molecule has 1 N–H and O–H groups in total. The summed E-state index contributed by atoms with van der Waals surface area (Å²) in [7, 11) is 3.16. The maximum atomic E-state index is 12.0. The van der Waals surface area contributed by atoms with Crippen molar-refractivity contribution >= 4 is 35.0 Å². The van der Waals surface area contributed by atoms with Crippen LogP contribution in [0.2, 0.25) is 5.02 Å². The molecular formula is C19H21ClN2O3S. The van der Waals surface area contributed by atoms with Crippen molar-refractivity contribution in [3.63, 3.8) is 0 Å². The first-order valence-electron chi connectivity index (χ1n) is 7.91. The molecule has 2 rings (SSSR count). The van der Waals surface area contributed by atoms with Gasteiger partial charge < -0.3 is 9.47 Å². The summed E-state index contributed by atoms with van der Waals surface area (Å²) in [6.45, 7) is 1.82. The van der Waals surface area contributed by atoms with Crippen LogP contribution in [0.5, 0.6) is 11.5 Å². The minimum absolute atomic E-state index is 0.165. The molecule has 7 heteroatoms. The molecule has 0 fully saturated rings. The van der Waals surface area contributed by atoms with Gasteiger partial charge in [0.2, 0.25) is 5.91 Å². The molecule has 0 atom stereocenters. The lowest BCUT2D eigenvalue weighted by atomic mass is 10.1. The average Bonchev–Trinajstić information content (AvgIpc) is 2.67. The second-order valence-corrected chi connectivity index (χ2v) is 6.78. The van der Waals surface area contributed by atoms with Crippen LogP contribution in [-0.4, -0.2) is 31.6 Å². The summed E-state index contributed by atoms with van der Waals surface area (Å²) in [5.74, 6) is 2.06. The van der Waals surface area contributed by atoms with Gasteiger partial charge in [0.05, 0.1) is 25.7 Å². The molecule has 0 bridgehead atoms. The Labute approximate surface area is 162 Å². The summed E-state index contributed by atoms with van der Waals surface area (Å²) in [6.07, 6.45) is 0. The molecule has 0 saturated heterocycles. The van der Waals surface area contributed by atoms with Crippen LogP contribution in [0, 0.1) is 0 Å². The number of carbonyl (C=O) groups excluding carboxylic acids is 1. The summed E-state index contributed by atoms with van der Waals surface area (Å²) in [6, 6.07) is 13.1. The number of nitrogens with one attached hydrogen (secondary N) is 1. The van der Waals surface area contributed by atoms with Gasteiger partial charge >= 0.3 is 0 Å². The molecule has 5 nitrogen and oxygen atoms in total. The largest absolute Gasteiger partial charge is 0.493 e. The molecule has 0 aliphatic rings. The molecule has 1 amide bonds. The van der Waals surface area contributed by atoms with Gasteiger partial charge in [0.15, 0.2) is 11.5 Å². The van der Waals surface area contributed by atoms with Crippen molar-refractivity contribution in [2.75, 3.05) is 20.0 Å².